The highest BCUT2D eigenvalue weighted by Gasteiger charge is 2.12. The molecule has 24 heavy (non-hydrogen) atoms. The highest BCUT2D eigenvalue weighted by Crippen LogP contribution is 2.20. The third kappa shape index (κ3) is 4.06. The summed E-state index contributed by atoms with van der Waals surface area (Å²) in [5.74, 6) is 0.708. The van der Waals surface area contributed by atoms with E-state index in [0.29, 0.717) is 10.8 Å². The maximum Gasteiger partial charge on any atom is 0.240 e. The summed E-state index contributed by atoms with van der Waals surface area (Å²) >= 11 is 5.76. The minimum Gasteiger partial charge on any atom is -0.492 e. The number of nitrogens with one attached hydrogen (secondary N) is 1. The van der Waals surface area contributed by atoms with Gasteiger partial charge in [0.05, 0.1) is 4.90 Å². The fourth-order valence-corrected chi connectivity index (χ4v) is 3.44. The summed E-state index contributed by atoms with van der Waals surface area (Å²) in [6, 6.07) is 19.8. The van der Waals surface area contributed by atoms with Crippen LogP contribution in [0.5, 0.6) is 5.75 Å². The lowest BCUT2D eigenvalue weighted by atomic mass is 10.1. The molecule has 1 N–H and O–H groups in total. The second kappa shape index (κ2) is 7.21. The second-order valence-corrected chi connectivity index (χ2v) is 7.41. The Hall–Kier alpha value is -2.08. The zero-order valence-electron chi connectivity index (χ0n) is 12.8. The minimum atomic E-state index is -3.55. The average molecular weight is 362 g/mol. The van der Waals surface area contributed by atoms with Gasteiger partial charge in [0, 0.05) is 11.6 Å². The third-order valence-electron chi connectivity index (χ3n) is 3.51. The van der Waals surface area contributed by atoms with E-state index in [4.69, 9.17) is 16.3 Å². The lowest BCUT2D eigenvalue weighted by molar-refractivity contribution is 0.323. The summed E-state index contributed by atoms with van der Waals surface area (Å²) in [5.41, 5.74) is 0. The smallest absolute Gasteiger partial charge is 0.240 e. The number of hydrogen-bond donors (Lipinski definition) is 1. The van der Waals surface area contributed by atoms with Gasteiger partial charge < -0.3 is 4.74 Å². The van der Waals surface area contributed by atoms with E-state index in [0.717, 1.165) is 10.8 Å². The standard InChI is InChI=1S/C18H16ClNO3S/c19-16-6-9-18(10-7-16)24(21,22)20-11-12-23-17-8-5-14-3-1-2-4-15(14)13-17/h1-10,13,20H,11-12H2. The van der Waals surface area contributed by atoms with Crippen LogP contribution in [0.4, 0.5) is 0 Å². The van der Waals surface area contributed by atoms with Crippen LogP contribution in [-0.2, 0) is 10.0 Å². The van der Waals surface area contributed by atoms with Gasteiger partial charge >= 0.3 is 0 Å². The molecule has 0 aliphatic carbocycles. The first kappa shape index (κ1) is 16.8. The third-order valence-corrected chi connectivity index (χ3v) is 5.24. The van der Waals surface area contributed by atoms with Crippen molar-refractivity contribution in [2.45, 2.75) is 4.90 Å². The Labute approximate surface area is 146 Å². The van der Waals surface area contributed by atoms with E-state index in [-0.39, 0.29) is 18.0 Å². The zero-order chi connectivity index (χ0) is 17.0. The van der Waals surface area contributed by atoms with Gasteiger partial charge in [0.2, 0.25) is 10.0 Å². The van der Waals surface area contributed by atoms with Crippen LogP contribution in [0.25, 0.3) is 10.8 Å². The van der Waals surface area contributed by atoms with Gasteiger partial charge in [-0.25, -0.2) is 13.1 Å². The van der Waals surface area contributed by atoms with E-state index in [1.165, 1.54) is 12.1 Å². The molecule has 0 heterocycles. The van der Waals surface area contributed by atoms with E-state index in [2.05, 4.69) is 4.72 Å². The van der Waals surface area contributed by atoms with Crippen LogP contribution in [0.1, 0.15) is 0 Å². The molecule has 0 saturated carbocycles. The fraction of sp³-hybridized carbons (Fsp3) is 0.111. The molecular weight excluding hydrogens is 346 g/mol. The van der Waals surface area contributed by atoms with E-state index >= 15 is 0 Å². The molecule has 0 amide bonds. The molecule has 0 spiro atoms. The number of ether oxygens (including phenoxy) is 1. The van der Waals surface area contributed by atoms with E-state index in [1.807, 2.05) is 42.5 Å². The van der Waals surface area contributed by atoms with Crippen molar-refractivity contribution in [2.75, 3.05) is 13.2 Å². The Morgan fingerprint density at radius 2 is 1.62 bits per heavy atom. The highest BCUT2D eigenvalue weighted by molar-refractivity contribution is 7.89. The van der Waals surface area contributed by atoms with Gasteiger partial charge in [-0.3, -0.25) is 0 Å². The number of hydrogen-bond acceptors (Lipinski definition) is 3. The Morgan fingerprint density at radius 3 is 2.38 bits per heavy atom. The topological polar surface area (TPSA) is 55.4 Å². The van der Waals surface area contributed by atoms with Crippen molar-refractivity contribution in [3.05, 3.63) is 71.8 Å². The molecule has 0 unspecified atom stereocenters. The zero-order valence-corrected chi connectivity index (χ0v) is 14.3. The molecule has 3 aromatic carbocycles. The summed E-state index contributed by atoms with van der Waals surface area (Å²) in [5, 5.41) is 2.71. The molecule has 3 rings (SSSR count). The predicted octanol–water partition coefficient (Wildman–Crippen LogP) is 3.85. The van der Waals surface area contributed by atoms with Crippen molar-refractivity contribution in [3.8, 4) is 5.75 Å². The molecule has 0 aromatic heterocycles. The molecule has 0 aliphatic rings. The van der Waals surface area contributed by atoms with Crippen LogP contribution in [0.15, 0.2) is 71.6 Å². The van der Waals surface area contributed by atoms with Crippen LogP contribution < -0.4 is 9.46 Å². The summed E-state index contributed by atoms with van der Waals surface area (Å²) < 4.78 is 32.4. The van der Waals surface area contributed by atoms with Crippen LogP contribution in [0, 0.1) is 0 Å². The highest BCUT2D eigenvalue weighted by atomic mass is 35.5. The number of fused-ring (bicyclic) bond motifs is 1. The summed E-state index contributed by atoms with van der Waals surface area (Å²) in [4.78, 5) is 0.178. The minimum absolute atomic E-state index is 0.178. The van der Waals surface area contributed by atoms with Gasteiger partial charge in [0.1, 0.15) is 12.4 Å². The Kier molecular flexibility index (Phi) is 5.04. The fourth-order valence-electron chi connectivity index (χ4n) is 2.30. The number of benzene rings is 3. The molecule has 0 fully saturated rings. The Morgan fingerprint density at radius 1 is 0.917 bits per heavy atom. The van der Waals surface area contributed by atoms with E-state index in [1.54, 1.807) is 12.1 Å². The van der Waals surface area contributed by atoms with Crippen molar-refractivity contribution in [3.63, 3.8) is 0 Å². The van der Waals surface area contributed by atoms with Gasteiger partial charge in [0.25, 0.3) is 0 Å². The van der Waals surface area contributed by atoms with Crippen molar-refractivity contribution >= 4 is 32.4 Å². The number of halogens is 1. The van der Waals surface area contributed by atoms with Gasteiger partial charge in [-0.2, -0.15) is 0 Å². The molecule has 0 aliphatic heterocycles. The van der Waals surface area contributed by atoms with E-state index < -0.39 is 10.0 Å². The monoisotopic (exact) mass is 361 g/mol. The van der Waals surface area contributed by atoms with Gasteiger partial charge in [-0.05, 0) is 47.2 Å². The predicted molar refractivity (Wildman–Crippen MR) is 96.1 cm³/mol. The Balaban J connectivity index is 1.56. The first-order valence-corrected chi connectivity index (χ1v) is 9.27. The van der Waals surface area contributed by atoms with Crippen molar-refractivity contribution in [1.29, 1.82) is 0 Å². The molecule has 3 aromatic rings. The maximum absolute atomic E-state index is 12.1. The lowest BCUT2D eigenvalue weighted by Gasteiger charge is -2.09. The number of sulfonamides is 1. The van der Waals surface area contributed by atoms with Crippen LogP contribution in [0.3, 0.4) is 0 Å². The average Bonchev–Trinajstić information content (AvgIpc) is 2.59. The van der Waals surface area contributed by atoms with Crippen LogP contribution >= 0.6 is 11.6 Å². The SMILES string of the molecule is O=S(=O)(NCCOc1ccc2ccccc2c1)c1ccc(Cl)cc1. The summed E-state index contributed by atoms with van der Waals surface area (Å²) in [6.07, 6.45) is 0. The quantitative estimate of drug-likeness (QED) is 0.678. The molecule has 0 bridgehead atoms. The van der Waals surface area contributed by atoms with Gasteiger partial charge in [-0.1, -0.05) is 41.9 Å². The lowest BCUT2D eigenvalue weighted by Crippen LogP contribution is -2.28. The van der Waals surface area contributed by atoms with Crippen molar-refractivity contribution in [1.82, 2.24) is 4.72 Å². The molecule has 4 nitrogen and oxygen atoms in total. The summed E-state index contributed by atoms with van der Waals surface area (Å²) in [6.45, 7) is 0.420. The largest absolute Gasteiger partial charge is 0.492 e. The molecule has 6 heteroatoms. The first-order chi connectivity index (χ1) is 11.5. The van der Waals surface area contributed by atoms with Gasteiger partial charge in [-0.15, -0.1) is 0 Å². The number of rotatable bonds is 6. The Bertz CT molecular complexity index is 940. The second-order valence-electron chi connectivity index (χ2n) is 5.21. The molecule has 124 valence electrons. The molecule has 0 saturated heterocycles. The normalized spacial score (nSPS) is 11.5. The van der Waals surface area contributed by atoms with Gasteiger partial charge in [0.15, 0.2) is 0 Å². The molecule has 0 radical (unpaired) electrons. The molecule has 0 atom stereocenters. The van der Waals surface area contributed by atoms with Crippen molar-refractivity contribution in [2.24, 2.45) is 0 Å². The van der Waals surface area contributed by atoms with Crippen LogP contribution in [0.2, 0.25) is 5.02 Å². The van der Waals surface area contributed by atoms with E-state index in [9.17, 15) is 8.42 Å². The first-order valence-electron chi connectivity index (χ1n) is 7.41. The maximum atomic E-state index is 12.1. The molecular formula is C18H16ClNO3S. The van der Waals surface area contributed by atoms with Crippen molar-refractivity contribution < 1.29 is 13.2 Å². The van der Waals surface area contributed by atoms with Crippen LogP contribution in [-0.4, -0.2) is 21.6 Å². The summed E-state index contributed by atoms with van der Waals surface area (Å²) in [7, 11) is -3.55.